The minimum Gasteiger partial charge on any atom is -0.492 e. The summed E-state index contributed by atoms with van der Waals surface area (Å²) >= 11 is 1.60. The summed E-state index contributed by atoms with van der Waals surface area (Å²) in [6, 6.07) is 6.57. The molecule has 2 N–H and O–H groups in total. The van der Waals surface area contributed by atoms with Crippen LogP contribution in [-0.2, 0) is 0 Å². The van der Waals surface area contributed by atoms with Crippen LogP contribution in [0.1, 0.15) is 24.2 Å². The van der Waals surface area contributed by atoms with Crippen LogP contribution in [-0.4, -0.2) is 39.9 Å². The number of thioether (sulfide) groups is 1. The molecule has 0 saturated carbocycles. The Bertz CT molecular complexity index is 392. The van der Waals surface area contributed by atoms with Crippen molar-refractivity contribution in [2.45, 2.75) is 25.2 Å². The molecule has 0 fully saturated rings. The lowest BCUT2D eigenvalue weighted by molar-refractivity contribution is 0.0692. The summed E-state index contributed by atoms with van der Waals surface area (Å²) in [4.78, 5) is 10.9. The van der Waals surface area contributed by atoms with Crippen molar-refractivity contribution in [3.63, 3.8) is 0 Å². The molecule has 1 aromatic carbocycles. The summed E-state index contributed by atoms with van der Waals surface area (Å²) in [6.45, 7) is 4.12. The molecule has 0 saturated heterocycles. The fourth-order valence-corrected chi connectivity index (χ4v) is 2.12. The van der Waals surface area contributed by atoms with Crippen molar-refractivity contribution in [2.75, 3.05) is 12.4 Å². The second kappa shape index (κ2) is 7.28. The molecule has 4 nitrogen and oxygen atoms in total. The third kappa shape index (κ3) is 4.58. The van der Waals surface area contributed by atoms with Gasteiger partial charge in [0.25, 0.3) is 0 Å². The summed E-state index contributed by atoms with van der Waals surface area (Å²) in [6.07, 6.45) is -0.360. The molecule has 0 spiro atoms. The van der Waals surface area contributed by atoms with Crippen LogP contribution in [0.3, 0.4) is 0 Å². The van der Waals surface area contributed by atoms with Gasteiger partial charge in [0.1, 0.15) is 11.3 Å². The van der Waals surface area contributed by atoms with E-state index in [1.54, 1.807) is 36.9 Å². The molecule has 0 aliphatic heterocycles. The predicted octanol–water partition coefficient (Wildman–Crippen LogP) is 2.27. The monoisotopic (exact) mass is 270 g/mol. The number of carboxylic acids is 1. The number of carboxylic acid groups (broad SMARTS) is 1. The fraction of sp³-hybridized carbons (Fsp3) is 0.462. The van der Waals surface area contributed by atoms with Crippen LogP contribution in [0.25, 0.3) is 0 Å². The lowest BCUT2D eigenvalue weighted by atomic mass is 10.2. The molecule has 0 aliphatic rings. The SMILES string of the molecule is CC(O)C(C)SCCOc1ccccc1C(=O)O. The molecule has 0 aromatic heterocycles. The van der Waals surface area contributed by atoms with Crippen molar-refractivity contribution in [1.82, 2.24) is 0 Å². The zero-order valence-corrected chi connectivity index (χ0v) is 11.3. The molecule has 5 heteroatoms. The lowest BCUT2D eigenvalue weighted by Gasteiger charge is -2.14. The van der Waals surface area contributed by atoms with Crippen LogP contribution in [0.2, 0.25) is 0 Å². The Hall–Kier alpha value is -1.20. The van der Waals surface area contributed by atoms with Crippen LogP contribution in [0, 0.1) is 0 Å². The van der Waals surface area contributed by atoms with E-state index in [2.05, 4.69) is 0 Å². The summed E-state index contributed by atoms with van der Waals surface area (Å²) in [5.74, 6) is 0.103. The van der Waals surface area contributed by atoms with Crippen LogP contribution in [0.15, 0.2) is 24.3 Å². The van der Waals surface area contributed by atoms with E-state index in [9.17, 15) is 9.90 Å². The van der Waals surface area contributed by atoms with Crippen LogP contribution in [0.4, 0.5) is 0 Å². The fourth-order valence-electron chi connectivity index (χ4n) is 1.29. The first-order valence-electron chi connectivity index (χ1n) is 5.77. The van der Waals surface area contributed by atoms with E-state index in [0.29, 0.717) is 18.1 Å². The third-order valence-electron chi connectivity index (χ3n) is 2.52. The first-order chi connectivity index (χ1) is 8.52. The van der Waals surface area contributed by atoms with Gasteiger partial charge in [-0.3, -0.25) is 0 Å². The second-order valence-corrected chi connectivity index (χ2v) is 5.45. The topological polar surface area (TPSA) is 66.8 Å². The van der Waals surface area contributed by atoms with Gasteiger partial charge in [0.2, 0.25) is 0 Å². The van der Waals surface area contributed by atoms with Crippen molar-refractivity contribution in [1.29, 1.82) is 0 Å². The number of carbonyl (C=O) groups is 1. The van der Waals surface area contributed by atoms with Crippen molar-refractivity contribution >= 4 is 17.7 Å². The molecule has 1 aromatic rings. The van der Waals surface area contributed by atoms with Gasteiger partial charge in [-0.25, -0.2) is 4.79 Å². The van der Waals surface area contributed by atoms with Crippen molar-refractivity contribution in [3.05, 3.63) is 29.8 Å². The second-order valence-electron chi connectivity index (χ2n) is 3.97. The Morgan fingerprint density at radius 2 is 2.06 bits per heavy atom. The van der Waals surface area contributed by atoms with Gasteiger partial charge in [0.05, 0.1) is 12.7 Å². The van der Waals surface area contributed by atoms with Gasteiger partial charge in [0, 0.05) is 11.0 Å². The van der Waals surface area contributed by atoms with E-state index in [1.807, 2.05) is 6.92 Å². The summed E-state index contributed by atoms with van der Waals surface area (Å²) in [5, 5.41) is 18.4. The number of hydrogen-bond donors (Lipinski definition) is 2. The summed E-state index contributed by atoms with van der Waals surface area (Å²) in [5.41, 5.74) is 0.172. The normalized spacial score (nSPS) is 13.9. The molecule has 2 atom stereocenters. The Kier molecular flexibility index (Phi) is 6.01. The molecule has 0 heterocycles. The number of para-hydroxylation sites is 1. The number of aromatic carboxylic acids is 1. The Balaban J connectivity index is 2.42. The zero-order valence-electron chi connectivity index (χ0n) is 10.5. The highest BCUT2D eigenvalue weighted by Gasteiger charge is 2.11. The Morgan fingerprint density at radius 1 is 1.39 bits per heavy atom. The van der Waals surface area contributed by atoms with Crippen LogP contribution in [0.5, 0.6) is 5.75 Å². The van der Waals surface area contributed by atoms with Crippen molar-refractivity contribution in [3.8, 4) is 5.75 Å². The molecule has 2 unspecified atom stereocenters. The van der Waals surface area contributed by atoms with Gasteiger partial charge >= 0.3 is 5.97 Å². The average Bonchev–Trinajstić information content (AvgIpc) is 2.34. The van der Waals surface area contributed by atoms with Crippen molar-refractivity contribution < 1.29 is 19.7 Å². The van der Waals surface area contributed by atoms with Gasteiger partial charge in [-0.1, -0.05) is 19.1 Å². The van der Waals surface area contributed by atoms with Gasteiger partial charge in [-0.2, -0.15) is 11.8 Å². The number of aliphatic hydroxyl groups excluding tert-OH is 1. The molecular weight excluding hydrogens is 252 g/mol. The molecule has 0 radical (unpaired) electrons. The molecule has 18 heavy (non-hydrogen) atoms. The number of ether oxygens (including phenoxy) is 1. The minimum atomic E-state index is -0.990. The van der Waals surface area contributed by atoms with E-state index < -0.39 is 5.97 Å². The van der Waals surface area contributed by atoms with Crippen molar-refractivity contribution in [2.24, 2.45) is 0 Å². The maximum absolute atomic E-state index is 10.9. The smallest absolute Gasteiger partial charge is 0.339 e. The number of hydrogen-bond acceptors (Lipinski definition) is 4. The zero-order chi connectivity index (χ0) is 13.5. The number of aliphatic hydroxyl groups is 1. The Labute approximate surface area is 111 Å². The maximum atomic E-state index is 10.9. The molecule has 0 bridgehead atoms. The number of rotatable bonds is 7. The van der Waals surface area contributed by atoms with Gasteiger partial charge in [0.15, 0.2) is 0 Å². The quantitative estimate of drug-likeness (QED) is 0.744. The first-order valence-corrected chi connectivity index (χ1v) is 6.82. The van der Waals surface area contributed by atoms with E-state index in [-0.39, 0.29) is 16.9 Å². The molecule has 0 aliphatic carbocycles. The first kappa shape index (κ1) is 14.9. The largest absolute Gasteiger partial charge is 0.492 e. The van der Waals surface area contributed by atoms with E-state index >= 15 is 0 Å². The maximum Gasteiger partial charge on any atom is 0.339 e. The third-order valence-corrected chi connectivity index (χ3v) is 3.84. The summed E-state index contributed by atoms with van der Waals surface area (Å²) < 4.78 is 5.45. The van der Waals surface area contributed by atoms with Gasteiger partial charge in [-0.05, 0) is 19.1 Å². The van der Waals surface area contributed by atoms with Crippen LogP contribution >= 0.6 is 11.8 Å². The highest BCUT2D eigenvalue weighted by molar-refractivity contribution is 7.99. The molecule has 0 amide bonds. The van der Waals surface area contributed by atoms with E-state index in [4.69, 9.17) is 9.84 Å². The lowest BCUT2D eigenvalue weighted by Crippen LogP contribution is -2.17. The average molecular weight is 270 g/mol. The Morgan fingerprint density at radius 3 is 2.67 bits per heavy atom. The number of benzene rings is 1. The van der Waals surface area contributed by atoms with Crippen LogP contribution < -0.4 is 4.74 Å². The molecular formula is C13H18O4S. The van der Waals surface area contributed by atoms with E-state index in [0.717, 1.165) is 0 Å². The molecule has 1 rings (SSSR count). The van der Waals surface area contributed by atoms with E-state index in [1.165, 1.54) is 6.07 Å². The highest BCUT2D eigenvalue weighted by atomic mass is 32.2. The minimum absolute atomic E-state index is 0.142. The molecule has 100 valence electrons. The predicted molar refractivity (Wildman–Crippen MR) is 72.5 cm³/mol. The standard InChI is InChI=1S/C13H18O4S/c1-9(14)10(2)18-8-7-17-12-6-4-3-5-11(12)13(15)16/h3-6,9-10,14H,7-8H2,1-2H3,(H,15,16). The van der Waals surface area contributed by atoms with Gasteiger partial charge < -0.3 is 14.9 Å². The van der Waals surface area contributed by atoms with Gasteiger partial charge in [-0.15, -0.1) is 0 Å². The highest BCUT2D eigenvalue weighted by Crippen LogP contribution is 2.19. The summed E-state index contributed by atoms with van der Waals surface area (Å²) in [7, 11) is 0.